The van der Waals surface area contributed by atoms with Crippen LogP contribution in [-0.4, -0.2) is 54.4 Å². The molecule has 0 aromatic carbocycles. The molecule has 1 N–H and O–H groups in total. The monoisotopic (exact) mass is 317 g/mol. The first-order chi connectivity index (χ1) is 9.87. The Labute approximate surface area is 125 Å². The number of amides is 1. The van der Waals surface area contributed by atoms with E-state index in [0.29, 0.717) is 18.8 Å². The lowest BCUT2D eigenvalue weighted by Gasteiger charge is -2.27. The topological polar surface area (TPSA) is 91.8 Å². The van der Waals surface area contributed by atoms with Crippen molar-refractivity contribution in [2.45, 2.75) is 51.0 Å². The van der Waals surface area contributed by atoms with Gasteiger partial charge in [-0.1, -0.05) is 25.7 Å². The Hall–Kier alpha value is -1.11. The van der Waals surface area contributed by atoms with E-state index in [-0.39, 0.29) is 17.4 Å². The molecule has 0 aromatic rings. The van der Waals surface area contributed by atoms with E-state index in [2.05, 4.69) is 0 Å². The number of nitrogens with zero attached hydrogens (tertiary/aromatic N) is 1. The molecule has 120 valence electrons. The summed E-state index contributed by atoms with van der Waals surface area (Å²) in [6, 6.07) is -0.470. The average Bonchev–Trinajstić information content (AvgIpc) is 3.02. The highest BCUT2D eigenvalue weighted by Crippen LogP contribution is 2.29. The van der Waals surface area contributed by atoms with E-state index >= 15 is 0 Å². The van der Waals surface area contributed by atoms with Gasteiger partial charge in [0.05, 0.1) is 11.5 Å². The van der Waals surface area contributed by atoms with Crippen LogP contribution >= 0.6 is 0 Å². The maximum atomic E-state index is 12.3. The molecule has 0 radical (unpaired) electrons. The molecule has 0 spiro atoms. The number of sulfone groups is 1. The second-order valence-corrected chi connectivity index (χ2v) is 8.39. The van der Waals surface area contributed by atoms with Crippen LogP contribution in [0.1, 0.15) is 44.9 Å². The molecular formula is C14H23NO5S. The summed E-state index contributed by atoms with van der Waals surface area (Å²) < 4.78 is 23.1. The van der Waals surface area contributed by atoms with Gasteiger partial charge in [-0.25, -0.2) is 8.42 Å². The number of carboxylic acids is 1. The van der Waals surface area contributed by atoms with Crippen LogP contribution in [0.15, 0.2) is 0 Å². The van der Waals surface area contributed by atoms with Gasteiger partial charge in [0.15, 0.2) is 9.84 Å². The van der Waals surface area contributed by atoms with Gasteiger partial charge in [-0.15, -0.1) is 0 Å². The zero-order valence-corrected chi connectivity index (χ0v) is 13.0. The summed E-state index contributed by atoms with van der Waals surface area (Å²) in [5.41, 5.74) is 0. The van der Waals surface area contributed by atoms with E-state index in [9.17, 15) is 18.0 Å². The Balaban J connectivity index is 1.94. The van der Waals surface area contributed by atoms with Crippen molar-refractivity contribution in [3.8, 4) is 0 Å². The summed E-state index contributed by atoms with van der Waals surface area (Å²) in [5, 5.41) is 8.96. The summed E-state index contributed by atoms with van der Waals surface area (Å²) in [4.78, 5) is 24.5. The lowest BCUT2D eigenvalue weighted by Crippen LogP contribution is -2.44. The van der Waals surface area contributed by atoms with Crippen LogP contribution in [0.2, 0.25) is 0 Å². The molecule has 2 aliphatic rings. The Morgan fingerprint density at radius 1 is 1.14 bits per heavy atom. The number of rotatable bonds is 6. The predicted octanol–water partition coefficient (Wildman–Crippen LogP) is 1.06. The van der Waals surface area contributed by atoms with E-state index < -0.39 is 28.4 Å². The van der Waals surface area contributed by atoms with Crippen molar-refractivity contribution in [3.63, 3.8) is 0 Å². The van der Waals surface area contributed by atoms with Gasteiger partial charge < -0.3 is 10.0 Å². The largest absolute Gasteiger partial charge is 0.480 e. The van der Waals surface area contributed by atoms with Crippen LogP contribution in [-0.2, 0) is 19.4 Å². The summed E-state index contributed by atoms with van der Waals surface area (Å²) in [7, 11) is -3.13. The molecule has 6 nitrogen and oxygen atoms in total. The van der Waals surface area contributed by atoms with Gasteiger partial charge >= 0.3 is 5.97 Å². The summed E-state index contributed by atoms with van der Waals surface area (Å²) in [6.45, 7) is -0.399. The minimum Gasteiger partial charge on any atom is -0.480 e. The molecule has 2 fully saturated rings. The predicted molar refractivity (Wildman–Crippen MR) is 77.6 cm³/mol. The average molecular weight is 317 g/mol. The third-order valence-corrected chi connectivity index (χ3v) is 6.27. The van der Waals surface area contributed by atoms with Crippen LogP contribution in [0.4, 0.5) is 0 Å². The molecule has 1 atom stereocenters. The van der Waals surface area contributed by atoms with Crippen LogP contribution < -0.4 is 0 Å². The highest BCUT2D eigenvalue weighted by atomic mass is 32.2. The first-order valence-corrected chi connectivity index (χ1v) is 9.41. The van der Waals surface area contributed by atoms with Crippen LogP contribution in [0, 0.1) is 5.92 Å². The summed E-state index contributed by atoms with van der Waals surface area (Å²) in [6.07, 6.45) is 6.17. The standard InChI is InChI=1S/C14H23NO5S/c16-13(6-5-11-3-1-2-4-11)15(9-14(17)18)12-7-8-21(19,20)10-12/h11-12H,1-10H2,(H,17,18). The quantitative estimate of drug-likeness (QED) is 0.791. The van der Waals surface area contributed by atoms with E-state index in [1.807, 2.05) is 0 Å². The molecular weight excluding hydrogens is 294 g/mol. The maximum absolute atomic E-state index is 12.3. The number of carboxylic acid groups (broad SMARTS) is 1. The molecule has 7 heteroatoms. The number of carbonyl (C=O) groups excluding carboxylic acids is 1. The van der Waals surface area contributed by atoms with E-state index in [1.165, 1.54) is 17.7 Å². The molecule has 1 saturated carbocycles. The van der Waals surface area contributed by atoms with Crippen molar-refractivity contribution in [1.29, 1.82) is 0 Å². The van der Waals surface area contributed by atoms with Crippen molar-refractivity contribution < 1.29 is 23.1 Å². The Morgan fingerprint density at radius 2 is 1.81 bits per heavy atom. The highest BCUT2D eigenvalue weighted by molar-refractivity contribution is 7.91. The molecule has 1 unspecified atom stereocenters. The lowest BCUT2D eigenvalue weighted by molar-refractivity contribution is -0.146. The number of aliphatic carboxylic acids is 1. The van der Waals surface area contributed by atoms with Crippen LogP contribution in [0.3, 0.4) is 0 Å². The fraction of sp³-hybridized carbons (Fsp3) is 0.857. The van der Waals surface area contributed by atoms with Gasteiger partial charge in [0.2, 0.25) is 5.91 Å². The molecule has 1 amide bonds. The third kappa shape index (κ3) is 4.69. The Bertz CT molecular complexity index is 495. The fourth-order valence-corrected chi connectivity index (χ4v) is 5.09. The van der Waals surface area contributed by atoms with Gasteiger partial charge in [0.1, 0.15) is 6.54 Å². The summed E-state index contributed by atoms with van der Waals surface area (Å²) >= 11 is 0. The minimum atomic E-state index is -3.13. The second kappa shape index (κ2) is 6.77. The molecule has 1 aliphatic carbocycles. The Kier molecular flexibility index (Phi) is 5.24. The van der Waals surface area contributed by atoms with Crippen molar-refractivity contribution in [3.05, 3.63) is 0 Å². The van der Waals surface area contributed by atoms with Gasteiger partial charge in [0.25, 0.3) is 0 Å². The lowest BCUT2D eigenvalue weighted by atomic mass is 10.0. The summed E-state index contributed by atoms with van der Waals surface area (Å²) in [5.74, 6) is -0.799. The molecule has 21 heavy (non-hydrogen) atoms. The molecule has 0 bridgehead atoms. The van der Waals surface area contributed by atoms with Crippen LogP contribution in [0.25, 0.3) is 0 Å². The zero-order chi connectivity index (χ0) is 15.5. The van der Waals surface area contributed by atoms with E-state index in [0.717, 1.165) is 19.3 Å². The number of carbonyl (C=O) groups is 2. The number of hydrogen-bond acceptors (Lipinski definition) is 4. The van der Waals surface area contributed by atoms with Crippen molar-refractivity contribution in [2.75, 3.05) is 18.1 Å². The molecule has 1 saturated heterocycles. The SMILES string of the molecule is O=C(O)CN(C(=O)CCC1CCCC1)C1CCS(=O)(=O)C1. The Morgan fingerprint density at radius 3 is 2.33 bits per heavy atom. The minimum absolute atomic E-state index is 0.0453. The normalized spacial score (nSPS) is 25.0. The second-order valence-electron chi connectivity index (χ2n) is 6.16. The zero-order valence-electron chi connectivity index (χ0n) is 12.2. The van der Waals surface area contributed by atoms with E-state index in [4.69, 9.17) is 5.11 Å². The molecule has 0 aromatic heterocycles. The van der Waals surface area contributed by atoms with Crippen molar-refractivity contribution in [2.24, 2.45) is 5.92 Å². The third-order valence-electron chi connectivity index (χ3n) is 4.52. The molecule has 1 heterocycles. The van der Waals surface area contributed by atoms with Gasteiger partial charge in [-0.05, 0) is 18.8 Å². The van der Waals surface area contributed by atoms with Gasteiger partial charge in [-0.2, -0.15) is 0 Å². The highest BCUT2D eigenvalue weighted by Gasteiger charge is 2.35. The molecule has 1 aliphatic heterocycles. The van der Waals surface area contributed by atoms with Crippen LogP contribution in [0.5, 0.6) is 0 Å². The fourth-order valence-electron chi connectivity index (χ4n) is 3.36. The van der Waals surface area contributed by atoms with Gasteiger partial charge in [0, 0.05) is 12.5 Å². The number of hydrogen-bond donors (Lipinski definition) is 1. The maximum Gasteiger partial charge on any atom is 0.323 e. The van der Waals surface area contributed by atoms with Gasteiger partial charge in [-0.3, -0.25) is 9.59 Å². The van der Waals surface area contributed by atoms with Crippen molar-refractivity contribution >= 4 is 21.7 Å². The smallest absolute Gasteiger partial charge is 0.323 e. The van der Waals surface area contributed by atoms with E-state index in [1.54, 1.807) is 0 Å². The van der Waals surface area contributed by atoms with Crippen molar-refractivity contribution in [1.82, 2.24) is 4.90 Å². The first-order valence-electron chi connectivity index (χ1n) is 7.59. The molecule has 2 rings (SSSR count). The first kappa shape index (κ1) is 16.3.